The van der Waals surface area contributed by atoms with Crippen LogP contribution in [0.2, 0.25) is 0 Å². The van der Waals surface area contributed by atoms with E-state index < -0.39 is 15.3 Å². The van der Waals surface area contributed by atoms with E-state index in [1.165, 1.54) is 0 Å². The third kappa shape index (κ3) is 10.3. The SMILES string of the molecule is C=C1C[C@H](CCCOC(=O)C(C)(C)C)OC1CC[C@H]1C[C@@H](C)C(=C)C(C[C@@H]2O[C@H](C[C@H](C)CC)[C@H](C)[C@H]2CS(=O)(=O)c2ccccc2)O1. The standard InChI is InChI=1S/C40H62O7S/c1-10-26(2)21-36-30(6)34(25-48(42,43)33-16-12-11-13-17-33)38(47-36)24-37-29(5)27(3)22-32(46-37)18-19-35-28(4)23-31(45-35)15-14-20-44-39(41)40(7,8)9/h11-13,16-17,26-27,30-32,34-38H,4-5,10,14-15,18-25H2,1-3,6-9H3/t26-,27-,30-,31+,32+,34-,35?,36-,37?,38+/m1/s1. The smallest absolute Gasteiger partial charge is 0.311 e. The summed E-state index contributed by atoms with van der Waals surface area (Å²) < 4.78 is 52.5. The number of carbonyl (C=O) groups is 1. The number of benzene rings is 1. The molecule has 270 valence electrons. The van der Waals surface area contributed by atoms with Gasteiger partial charge in [0.05, 0.1) is 59.3 Å². The van der Waals surface area contributed by atoms with Crippen molar-refractivity contribution in [2.45, 2.75) is 148 Å². The molecule has 3 saturated heterocycles. The van der Waals surface area contributed by atoms with Crippen molar-refractivity contribution in [3.8, 4) is 0 Å². The minimum absolute atomic E-state index is 0.00233. The molecule has 0 radical (unpaired) electrons. The van der Waals surface area contributed by atoms with E-state index >= 15 is 0 Å². The van der Waals surface area contributed by atoms with E-state index in [0.717, 1.165) is 62.5 Å². The lowest BCUT2D eigenvalue weighted by molar-refractivity contribution is -0.153. The first-order valence-corrected chi connectivity index (χ1v) is 20.0. The minimum atomic E-state index is -3.48. The molecule has 7 nitrogen and oxygen atoms in total. The van der Waals surface area contributed by atoms with Crippen LogP contribution >= 0.6 is 0 Å². The van der Waals surface area contributed by atoms with E-state index in [-0.39, 0.29) is 60.2 Å². The van der Waals surface area contributed by atoms with Crippen molar-refractivity contribution >= 4 is 15.8 Å². The molecule has 10 atom stereocenters. The highest BCUT2D eigenvalue weighted by Crippen LogP contribution is 2.43. The van der Waals surface area contributed by atoms with Gasteiger partial charge in [0, 0.05) is 12.3 Å². The molecule has 0 amide bonds. The van der Waals surface area contributed by atoms with E-state index in [4.69, 9.17) is 18.9 Å². The first kappa shape index (κ1) is 38.8. The lowest BCUT2D eigenvalue weighted by Gasteiger charge is -2.38. The van der Waals surface area contributed by atoms with Gasteiger partial charge in [-0.3, -0.25) is 4.79 Å². The number of hydrogen-bond donors (Lipinski definition) is 0. The van der Waals surface area contributed by atoms with E-state index in [9.17, 15) is 13.2 Å². The predicted molar refractivity (Wildman–Crippen MR) is 191 cm³/mol. The van der Waals surface area contributed by atoms with Crippen LogP contribution in [0.25, 0.3) is 0 Å². The van der Waals surface area contributed by atoms with E-state index in [2.05, 4.69) is 40.9 Å². The fourth-order valence-corrected chi connectivity index (χ4v) is 9.27. The van der Waals surface area contributed by atoms with Gasteiger partial charge in [-0.1, -0.05) is 65.5 Å². The highest BCUT2D eigenvalue weighted by molar-refractivity contribution is 7.91. The number of rotatable bonds is 15. The molecule has 3 aliphatic heterocycles. The summed E-state index contributed by atoms with van der Waals surface area (Å²) in [7, 11) is -3.48. The van der Waals surface area contributed by atoms with Crippen molar-refractivity contribution in [1.82, 2.24) is 0 Å². The van der Waals surface area contributed by atoms with Crippen LogP contribution in [0, 0.1) is 29.1 Å². The van der Waals surface area contributed by atoms with E-state index in [1.807, 2.05) is 26.8 Å². The van der Waals surface area contributed by atoms with Gasteiger partial charge in [0.1, 0.15) is 0 Å². The first-order chi connectivity index (χ1) is 22.6. The molecule has 0 aliphatic carbocycles. The number of ether oxygens (including phenoxy) is 4. The molecule has 1 aromatic rings. The average Bonchev–Trinajstić information content (AvgIpc) is 3.53. The Labute approximate surface area is 291 Å². The Morgan fingerprint density at radius 1 is 0.979 bits per heavy atom. The van der Waals surface area contributed by atoms with Crippen LogP contribution in [0.5, 0.6) is 0 Å². The van der Waals surface area contributed by atoms with Crippen molar-refractivity contribution in [3.05, 3.63) is 54.6 Å². The molecule has 3 heterocycles. The van der Waals surface area contributed by atoms with Crippen molar-refractivity contribution in [3.63, 3.8) is 0 Å². The Morgan fingerprint density at radius 3 is 2.33 bits per heavy atom. The van der Waals surface area contributed by atoms with Crippen LogP contribution in [-0.2, 0) is 33.6 Å². The predicted octanol–water partition coefficient (Wildman–Crippen LogP) is 8.52. The molecule has 1 aromatic carbocycles. The molecule has 48 heavy (non-hydrogen) atoms. The highest BCUT2D eigenvalue weighted by atomic mass is 32.2. The number of esters is 1. The lowest BCUT2D eigenvalue weighted by atomic mass is 9.81. The maximum Gasteiger partial charge on any atom is 0.311 e. The highest BCUT2D eigenvalue weighted by Gasteiger charge is 2.46. The van der Waals surface area contributed by atoms with E-state index in [0.29, 0.717) is 29.8 Å². The molecule has 0 bridgehead atoms. The van der Waals surface area contributed by atoms with Crippen LogP contribution in [0.3, 0.4) is 0 Å². The summed E-state index contributed by atoms with van der Waals surface area (Å²) in [6.07, 6.45) is 7.44. The van der Waals surface area contributed by atoms with Crippen molar-refractivity contribution in [2.24, 2.45) is 29.1 Å². The molecular weight excluding hydrogens is 625 g/mol. The van der Waals surface area contributed by atoms with Crippen LogP contribution in [0.4, 0.5) is 0 Å². The molecule has 8 heteroatoms. The zero-order valence-electron chi connectivity index (χ0n) is 30.6. The fourth-order valence-electron chi connectivity index (χ4n) is 7.48. The summed E-state index contributed by atoms with van der Waals surface area (Å²) >= 11 is 0. The molecule has 0 saturated carbocycles. The Kier molecular flexibility index (Phi) is 13.6. The van der Waals surface area contributed by atoms with Crippen molar-refractivity contribution in [1.29, 1.82) is 0 Å². The first-order valence-electron chi connectivity index (χ1n) is 18.4. The van der Waals surface area contributed by atoms with Gasteiger partial charge in [-0.05, 0) is 107 Å². The monoisotopic (exact) mass is 686 g/mol. The number of sulfone groups is 1. The van der Waals surface area contributed by atoms with Gasteiger partial charge in [-0.15, -0.1) is 0 Å². The van der Waals surface area contributed by atoms with Gasteiger partial charge in [-0.25, -0.2) is 8.42 Å². The molecule has 4 rings (SSSR count). The second-order valence-electron chi connectivity index (χ2n) is 16.0. The quantitative estimate of drug-likeness (QED) is 0.104. The fraction of sp³-hybridized carbons (Fsp3) is 0.725. The molecule has 3 aliphatic rings. The average molecular weight is 687 g/mol. The second kappa shape index (κ2) is 16.8. The van der Waals surface area contributed by atoms with Crippen LogP contribution in [0.1, 0.15) is 106 Å². The molecule has 0 N–H and O–H groups in total. The maximum atomic E-state index is 13.6. The summed E-state index contributed by atoms with van der Waals surface area (Å²) in [5, 5.41) is 0. The Morgan fingerprint density at radius 2 is 1.67 bits per heavy atom. The van der Waals surface area contributed by atoms with Crippen molar-refractivity contribution < 1.29 is 32.2 Å². The normalized spacial score (nSPS) is 32.0. The molecule has 0 spiro atoms. The minimum Gasteiger partial charge on any atom is -0.465 e. The van der Waals surface area contributed by atoms with Gasteiger partial charge >= 0.3 is 5.97 Å². The largest absolute Gasteiger partial charge is 0.465 e. The number of carbonyl (C=O) groups excluding carboxylic acids is 1. The zero-order chi connectivity index (χ0) is 35.2. The topological polar surface area (TPSA) is 88.1 Å². The van der Waals surface area contributed by atoms with Gasteiger partial charge in [-0.2, -0.15) is 0 Å². The van der Waals surface area contributed by atoms with Gasteiger partial charge in [0.25, 0.3) is 0 Å². The summed E-state index contributed by atoms with van der Waals surface area (Å²) in [4.78, 5) is 12.4. The second-order valence-corrected chi connectivity index (χ2v) is 18.0. The number of hydrogen-bond acceptors (Lipinski definition) is 7. The summed E-state index contributed by atoms with van der Waals surface area (Å²) in [6, 6.07) is 8.79. The molecule has 0 aromatic heterocycles. The summed E-state index contributed by atoms with van der Waals surface area (Å²) in [6.45, 7) is 23.6. The van der Waals surface area contributed by atoms with Crippen LogP contribution < -0.4 is 0 Å². The van der Waals surface area contributed by atoms with Gasteiger partial charge in [0.15, 0.2) is 9.84 Å². The molecular formula is C40H62O7S. The Bertz CT molecular complexity index is 1330. The van der Waals surface area contributed by atoms with E-state index in [1.54, 1.807) is 24.3 Å². The zero-order valence-corrected chi connectivity index (χ0v) is 31.4. The summed E-state index contributed by atoms with van der Waals surface area (Å²) in [5.41, 5.74) is 1.71. The third-order valence-electron chi connectivity index (χ3n) is 11.0. The third-order valence-corrected chi connectivity index (χ3v) is 12.8. The van der Waals surface area contributed by atoms with Crippen LogP contribution in [0.15, 0.2) is 59.5 Å². The molecule has 3 fully saturated rings. The van der Waals surface area contributed by atoms with Gasteiger partial charge < -0.3 is 18.9 Å². The molecule has 2 unspecified atom stereocenters. The lowest BCUT2D eigenvalue weighted by Crippen LogP contribution is -2.38. The maximum absolute atomic E-state index is 13.6. The Hall–Kier alpha value is -2.00. The van der Waals surface area contributed by atoms with Gasteiger partial charge in [0.2, 0.25) is 0 Å². The van der Waals surface area contributed by atoms with Crippen molar-refractivity contribution in [2.75, 3.05) is 12.4 Å². The van der Waals surface area contributed by atoms with Crippen LogP contribution in [-0.4, -0.2) is 63.4 Å². The Balaban J connectivity index is 1.35. The summed E-state index contributed by atoms with van der Waals surface area (Å²) in [5.74, 6) is 0.695.